The predicted octanol–water partition coefficient (Wildman–Crippen LogP) is 1.61. The first-order valence-corrected chi connectivity index (χ1v) is 6.52. The fourth-order valence-electron chi connectivity index (χ4n) is 2.29. The van der Waals surface area contributed by atoms with Gasteiger partial charge in [0.2, 0.25) is 5.91 Å². The maximum absolute atomic E-state index is 12.1. The van der Waals surface area contributed by atoms with Crippen molar-refractivity contribution in [1.29, 1.82) is 0 Å². The summed E-state index contributed by atoms with van der Waals surface area (Å²) in [7, 11) is 0. The minimum atomic E-state index is -0.265. The quantitative estimate of drug-likeness (QED) is 0.769. The summed E-state index contributed by atoms with van der Waals surface area (Å²) >= 11 is 0. The Labute approximate surface area is 105 Å². The molecule has 1 amide bonds. The van der Waals surface area contributed by atoms with Crippen LogP contribution in [0.5, 0.6) is 0 Å². The summed E-state index contributed by atoms with van der Waals surface area (Å²) in [6, 6.07) is -0.00701. The highest BCUT2D eigenvalue weighted by molar-refractivity contribution is 5.83. The van der Waals surface area contributed by atoms with Crippen molar-refractivity contribution in [1.82, 2.24) is 10.2 Å². The van der Waals surface area contributed by atoms with Crippen LogP contribution < -0.4 is 5.32 Å². The minimum absolute atomic E-state index is 0.00701. The second-order valence-electron chi connectivity index (χ2n) is 5.77. The van der Waals surface area contributed by atoms with E-state index in [0.717, 1.165) is 6.42 Å². The van der Waals surface area contributed by atoms with E-state index in [2.05, 4.69) is 19.2 Å². The Bertz CT molecular complexity index is 264. The zero-order valence-corrected chi connectivity index (χ0v) is 11.7. The lowest BCUT2D eigenvalue weighted by atomic mass is 10.0. The van der Waals surface area contributed by atoms with Gasteiger partial charge in [-0.05, 0) is 33.1 Å². The second kappa shape index (κ2) is 5.83. The minimum Gasteiger partial charge on any atom is -0.374 e. The number of hydrogen-bond acceptors (Lipinski definition) is 3. The molecule has 100 valence electrons. The van der Waals surface area contributed by atoms with E-state index in [1.54, 1.807) is 0 Å². The van der Waals surface area contributed by atoms with E-state index in [9.17, 15) is 4.79 Å². The molecule has 1 aliphatic heterocycles. The maximum atomic E-state index is 12.1. The first kappa shape index (κ1) is 14.5. The summed E-state index contributed by atoms with van der Waals surface area (Å²) in [6.45, 7) is 12.3. The molecule has 0 saturated carbocycles. The lowest BCUT2D eigenvalue weighted by Crippen LogP contribution is -2.42. The van der Waals surface area contributed by atoms with Crippen LogP contribution in [0.4, 0.5) is 0 Å². The Kier molecular flexibility index (Phi) is 4.95. The molecule has 17 heavy (non-hydrogen) atoms. The highest BCUT2D eigenvalue weighted by atomic mass is 16.5. The largest absolute Gasteiger partial charge is 0.374 e. The summed E-state index contributed by atoms with van der Waals surface area (Å²) in [4.78, 5) is 14.0. The van der Waals surface area contributed by atoms with Crippen LogP contribution in [0, 0.1) is 5.92 Å². The van der Waals surface area contributed by atoms with Crippen molar-refractivity contribution < 1.29 is 9.53 Å². The van der Waals surface area contributed by atoms with Crippen molar-refractivity contribution in [3.8, 4) is 0 Å². The lowest BCUT2D eigenvalue weighted by molar-refractivity contribution is -0.133. The summed E-state index contributed by atoms with van der Waals surface area (Å²) < 4.78 is 5.63. The SMILES string of the molecule is CCOC(C)(C)CN1CNC(CC(C)C)C1=O. The molecule has 1 unspecified atom stereocenters. The molecule has 1 saturated heterocycles. The van der Waals surface area contributed by atoms with Crippen molar-refractivity contribution >= 4 is 5.91 Å². The van der Waals surface area contributed by atoms with Gasteiger partial charge in [-0.3, -0.25) is 10.1 Å². The number of ether oxygens (including phenoxy) is 1. The van der Waals surface area contributed by atoms with Gasteiger partial charge in [0.15, 0.2) is 0 Å². The Morgan fingerprint density at radius 3 is 2.71 bits per heavy atom. The van der Waals surface area contributed by atoms with Crippen molar-refractivity contribution in [3.05, 3.63) is 0 Å². The summed E-state index contributed by atoms with van der Waals surface area (Å²) in [5.41, 5.74) is -0.265. The Balaban J connectivity index is 2.50. The molecule has 4 nitrogen and oxygen atoms in total. The third kappa shape index (κ3) is 4.28. The molecule has 0 aliphatic carbocycles. The molecule has 1 atom stereocenters. The fourth-order valence-corrected chi connectivity index (χ4v) is 2.29. The van der Waals surface area contributed by atoms with Crippen molar-refractivity contribution in [2.45, 2.75) is 52.7 Å². The predicted molar refractivity (Wildman–Crippen MR) is 68.7 cm³/mol. The van der Waals surface area contributed by atoms with Gasteiger partial charge in [0.05, 0.1) is 24.9 Å². The van der Waals surface area contributed by atoms with Crippen molar-refractivity contribution in [2.75, 3.05) is 19.8 Å². The summed E-state index contributed by atoms with van der Waals surface area (Å²) in [6.07, 6.45) is 0.907. The molecular weight excluding hydrogens is 216 g/mol. The molecule has 0 radical (unpaired) electrons. The zero-order chi connectivity index (χ0) is 13.1. The summed E-state index contributed by atoms with van der Waals surface area (Å²) in [5.74, 6) is 0.753. The van der Waals surface area contributed by atoms with Gasteiger partial charge in [0, 0.05) is 6.61 Å². The van der Waals surface area contributed by atoms with Gasteiger partial charge >= 0.3 is 0 Å². The number of rotatable bonds is 6. The Morgan fingerprint density at radius 1 is 1.53 bits per heavy atom. The number of carbonyl (C=O) groups is 1. The standard InChI is InChI=1S/C13H26N2O2/c1-6-17-13(4,5)8-15-9-14-11(12(15)16)7-10(2)3/h10-11,14H,6-9H2,1-5H3. The van der Waals surface area contributed by atoms with E-state index < -0.39 is 0 Å². The van der Waals surface area contributed by atoms with Crippen LogP contribution in [0.1, 0.15) is 41.0 Å². The molecule has 0 aromatic rings. The maximum Gasteiger partial charge on any atom is 0.240 e. The molecular formula is C13H26N2O2. The van der Waals surface area contributed by atoms with Crippen LogP contribution in [0.15, 0.2) is 0 Å². The van der Waals surface area contributed by atoms with E-state index in [1.807, 2.05) is 25.7 Å². The highest BCUT2D eigenvalue weighted by Gasteiger charge is 2.34. The molecule has 1 rings (SSSR count). The number of carbonyl (C=O) groups excluding carboxylic acids is 1. The third-order valence-corrected chi connectivity index (χ3v) is 2.95. The molecule has 1 heterocycles. The van der Waals surface area contributed by atoms with Gasteiger partial charge < -0.3 is 9.64 Å². The zero-order valence-electron chi connectivity index (χ0n) is 11.7. The molecule has 0 spiro atoms. The van der Waals surface area contributed by atoms with Crippen LogP contribution in [-0.2, 0) is 9.53 Å². The van der Waals surface area contributed by atoms with Gasteiger partial charge in [-0.2, -0.15) is 0 Å². The molecule has 0 bridgehead atoms. The van der Waals surface area contributed by atoms with Crippen LogP contribution in [0.25, 0.3) is 0 Å². The Hall–Kier alpha value is -0.610. The van der Waals surface area contributed by atoms with Gasteiger partial charge in [0.1, 0.15) is 0 Å². The highest BCUT2D eigenvalue weighted by Crippen LogP contribution is 2.17. The van der Waals surface area contributed by atoms with Gasteiger partial charge in [-0.1, -0.05) is 13.8 Å². The molecule has 0 aromatic heterocycles. The van der Waals surface area contributed by atoms with E-state index in [4.69, 9.17) is 4.74 Å². The molecule has 4 heteroatoms. The van der Waals surface area contributed by atoms with E-state index in [-0.39, 0.29) is 17.6 Å². The first-order chi connectivity index (χ1) is 7.85. The third-order valence-electron chi connectivity index (χ3n) is 2.95. The van der Waals surface area contributed by atoms with E-state index in [1.165, 1.54) is 0 Å². The lowest BCUT2D eigenvalue weighted by Gasteiger charge is -2.29. The van der Waals surface area contributed by atoms with Crippen molar-refractivity contribution in [2.24, 2.45) is 5.92 Å². The number of hydrogen-bond donors (Lipinski definition) is 1. The number of amides is 1. The molecule has 1 aliphatic rings. The normalized spacial score (nSPS) is 21.6. The number of nitrogens with one attached hydrogen (secondary N) is 1. The second-order valence-corrected chi connectivity index (χ2v) is 5.77. The average Bonchev–Trinajstić information content (AvgIpc) is 2.48. The first-order valence-electron chi connectivity index (χ1n) is 6.52. The molecule has 1 N–H and O–H groups in total. The fraction of sp³-hybridized carbons (Fsp3) is 0.923. The summed E-state index contributed by atoms with van der Waals surface area (Å²) in [5, 5.41) is 3.27. The monoisotopic (exact) mass is 242 g/mol. The van der Waals surface area contributed by atoms with Crippen molar-refractivity contribution in [3.63, 3.8) is 0 Å². The van der Waals surface area contributed by atoms with Crippen LogP contribution in [0.2, 0.25) is 0 Å². The van der Waals surface area contributed by atoms with Crippen LogP contribution in [-0.4, -0.2) is 42.3 Å². The molecule has 0 aromatic carbocycles. The van der Waals surface area contributed by atoms with Gasteiger partial charge in [0.25, 0.3) is 0 Å². The van der Waals surface area contributed by atoms with Gasteiger partial charge in [-0.15, -0.1) is 0 Å². The average molecular weight is 242 g/mol. The van der Waals surface area contributed by atoms with E-state index in [0.29, 0.717) is 25.7 Å². The smallest absolute Gasteiger partial charge is 0.240 e. The topological polar surface area (TPSA) is 41.6 Å². The van der Waals surface area contributed by atoms with Crippen LogP contribution in [0.3, 0.4) is 0 Å². The van der Waals surface area contributed by atoms with E-state index >= 15 is 0 Å². The Morgan fingerprint density at radius 2 is 2.18 bits per heavy atom. The van der Waals surface area contributed by atoms with Gasteiger partial charge in [-0.25, -0.2) is 0 Å². The van der Waals surface area contributed by atoms with Crippen LogP contribution >= 0.6 is 0 Å². The number of nitrogens with zero attached hydrogens (tertiary/aromatic N) is 1. The molecule has 1 fully saturated rings.